The molecular weight excluding hydrogens is 214 g/mol. The predicted molar refractivity (Wildman–Crippen MR) is 70.5 cm³/mol. The van der Waals surface area contributed by atoms with Crippen molar-refractivity contribution in [1.29, 1.82) is 0 Å². The monoisotopic (exact) mass is 237 g/mol. The van der Waals surface area contributed by atoms with Crippen LogP contribution in [0.25, 0.3) is 0 Å². The van der Waals surface area contributed by atoms with Crippen molar-refractivity contribution in [3.8, 4) is 5.75 Å². The fraction of sp³-hybridized carbons (Fsp3) is 0.571. The lowest BCUT2D eigenvalue weighted by Crippen LogP contribution is -2.30. The van der Waals surface area contributed by atoms with E-state index in [0.29, 0.717) is 6.04 Å². The second-order valence-electron chi connectivity index (χ2n) is 4.51. The number of ether oxygens (including phenoxy) is 1. The van der Waals surface area contributed by atoms with Gasteiger partial charge in [0.2, 0.25) is 0 Å². The van der Waals surface area contributed by atoms with E-state index in [1.165, 1.54) is 5.56 Å². The summed E-state index contributed by atoms with van der Waals surface area (Å²) in [4.78, 5) is 0. The van der Waals surface area contributed by atoms with Gasteiger partial charge in [0.05, 0.1) is 13.2 Å². The Morgan fingerprint density at radius 2 is 2.00 bits per heavy atom. The summed E-state index contributed by atoms with van der Waals surface area (Å²) in [6.07, 6.45) is 1.49. The highest BCUT2D eigenvalue weighted by molar-refractivity contribution is 5.33. The van der Waals surface area contributed by atoms with Crippen LogP contribution >= 0.6 is 0 Å². The lowest BCUT2D eigenvalue weighted by molar-refractivity contribution is 0.182. The number of rotatable bonds is 7. The van der Waals surface area contributed by atoms with Crippen LogP contribution in [0.15, 0.2) is 24.3 Å². The first-order chi connectivity index (χ1) is 8.13. The summed E-state index contributed by atoms with van der Waals surface area (Å²) in [5.74, 6) is 0.941. The number of nitrogens with one attached hydrogen (secondary N) is 1. The Morgan fingerprint density at radius 1 is 1.29 bits per heavy atom. The third kappa shape index (κ3) is 5.20. The molecule has 3 nitrogen and oxygen atoms in total. The smallest absolute Gasteiger partial charge is 0.122 e. The topological polar surface area (TPSA) is 41.5 Å². The van der Waals surface area contributed by atoms with Crippen LogP contribution in [0, 0.1) is 0 Å². The minimum atomic E-state index is -0.235. The molecule has 0 aliphatic carbocycles. The number of hydrogen-bond acceptors (Lipinski definition) is 3. The highest BCUT2D eigenvalue weighted by atomic mass is 16.5. The summed E-state index contributed by atoms with van der Waals surface area (Å²) >= 11 is 0. The average Bonchev–Trinajstić information content (AvgIpc) is 2.29. The van der Waals surface area contributed by atoms with E-state index in [2.05, 4.69) is 18.3 Å². The molecule has 0 aromatic heterocycles. The van der Waals surface area contributed by atoms with E-state index in [9.17, 15) is 5.11 Å². The second-order valence-corrected chi connectivity index (χ2v) is 4.51. The van der Waals surface area contributed by atoms with E-state index in [-0.39, 0.29) is 6.10 Å². The quantitative estimate of drug-likeness (QED) is 0.762. The fourth-order valence-corrected chi connectivity index (χ4v) is 1.81. The van der Waals surface area contributed by atoms with Gasteiger partial charge in [-0.15, -0.1) is 0 Å². The lowest BCUT2D eigenvalue weighted by Gasteiger charge is -2.16. The largest absolute Gasteiger partial charge is 0.496 e. The van der Waals surface area contributed by atoms with E-state index in [1.54, 1.807) is 7.11 Å². The molecule has 0 radical (unpaired) electrons. The first-order valence-electron chi connectivity index (χ1n) is 6.16. The van der Waals surface area contributed by atoms with Crippen LogP contribution in [0.5, 0.6) is 5.75 Å². The van der Waals surface area contributed by atoms with E-state index in [4.69, 9.17) is 4.74 Å². The van der Waals surface area contributed by atoms with Gasteiger partial charge in [-0.3, -0.25) is 0 Å². The van der Waals surface area contributed by atoms with Crippen molar-refractivity contribution in [3.05, 3.63) is 29.8 Å². The molecule has 2 atom stereocenters. The van der Waals surface area contributed by atoms with Gasteiger partial charge < -0.3 is 15.2 Å². The zero-order valence-corrected chi connectivity index (χ0v) is 10.9. The van der Waals surface area contributed by atoms with Crippen molar-refractivity contribution in [2.24, 2.45) is 0 Å². The van der Waals surface area contributed by atoms with Gasteiger partial charge in [-0.2, -0.15) is 0 Å². The lowest BCUT2D eigenvalue weighted by atomic mass is 10.1. The standard InChI is InChI=1S/C14H23NO2/c1-11(15-9-8-12(2)16)10-13-6-4-5-7-14(13)17-3/h4-7,11-12,15-16H,8-10H2,1-3H3. The molecule has 17 heavy (non-hydrogen) atoms. The Bertz CT molecular complexity index is 326. The summed E-state index contributed by atoms with van der Waals surface area (Å²) < 4.78 is 5.32. The predicted octanol–water partition coefficient (Wildman–Crippen LogP) is 1.99. The third-order valence-corrected chi connectivity index (χ3v) is 2.77. The van der Waals surface area contributed by atoms with Crippen molar-refractivity contribution < 1.29 is 9.84 Å². The number of aliphatic hydroxyl groups is 1. The van der Waals surface area contributed by atoms with Crippen LogP contribution in [0.1, 0.15) is 25.8 Å². The van der Waals surface area contributed by atoms with Gasteiger partial charge in [0.25, 0.3) is 0 Å². The molecule has 2 N–H and O–H groups in total. The maximum atomic E-state index is 9.18. The zero-order chi connectivity index (χ0) is 12.7. The SMILES string of the molecule is COc1ccccc1CC(C)NCCC(C)O. The van der Waals surface area contributed by atoms with E-state index in [0.717, 1.165) is 25.1 Å². The van der Waals surface area contributed by atoms with Crippen molar-refractivity contribution in [3.63, 3.8) is 0 Å². The third-order valence-electron chi connectivity index (χ3n) is 2.77. The van der Waals surface area contributed by atoms with Gasteiger partial charge in [-0.1, -0.05) is 18.2 Å². The molecule has 0 heterocycles. The van der Waals surface area contributed by atoms with Crippen LogP contribution in [0.3, 0.4) is 0 Å². The molecule has 1 aromatic carbocycles. The van der Waals surface area contributed by atoms with Crippen LogP contribution in [-0.2, 0) is 6.42 Å². The number of aliphatic hydroxyl groups excluding tert-OH is 1. The molecule has 0 spiro atoms. The Kier molecular flexibility index (Phi) is 6.01. The first-order valence-corrected chi connectivity index (χ1v) is 6.16. The van der Waals surface area contributed by atoms with Crippen LogP contribution < -0.4 is 10.1 Å². The molecule has 2 unspecified atom stereocenters. The van der Waals surface area contributed by atoms with Gasteiger partial charge in [0, 0.05) is 6.04 Å². The van der Waals surface area contributed by atoms with Gasteiger partial charge >= 0.3 is 0 Å². The van der Waals surface area contributed by atoms with Crippen molar-refractivity contribution in [1.82, 2.24) is 5.32 Å². The van der Waals surface area contributed by atoms with Gasteiger partial charge in [0.1, 0.15) is 5.75 Å². The molecule has 96 valence electrons. The van der Waals surface area contributed by atoms with E-state index >= 15 is 0 Å². The summed E-state index contributed by atoms with van der Waals surface area (Å²) in [5, 5.41) is 12.6. The normalized spacial score (nSPS) is 14.4. The summed E-state index contributed by atoms with van der Waals surface area (Å²) in [5.41, 5.74) is 1.21. The van der Waals surface area contributed by atoms with Crippen molar-refractivity contribution >= 4 is 0 Å². The fourth-order valence-electron chi connectivity index (χ4n) is 1.81. The minimum absolute atomic E-state index is 0.235. The number of para-hydroxylation sites is 1. The molecule has 0 bridgehead atoms. The van der Waals surface area contributed by atoms with Gasteiger partial charge in [-0.25, -0.2) is 0 Å². The highest BCUT2D eigenvalue weighted by Gasteiger charge is 2.07. The maximum absolute atomic E-state index is 9.18. The van der Waals surface area contributed by atoms with Crippen LogP contribution in [-0.4, -0.2) is 30.9 Å². The molecule has 0 saturated carbocycles. The maximum Gasteiger partial charge on any atom is 0.122 e. The second kappa shape index (κ2) is 7.30. The highest BCUT2D eigenvalue weighted by Crippen LogP contribution is 2.18. The van der Waals surface area contributed by atoms with Crippen molar-refractivity contribution in [2.75, 3.05) is 13.7 Å². The average molecular weight is 237 g/mol. The molecule has 0 aliphatic rings. The molecule has 0 amide bonds. The Morgan fingerprint density at radius 3 is 2.65 bits per heavy atom. The van der Waals surface area contributed by atoms with Gasteiger partial charge in [0.15, 0.2) is 0 Å². The van der Waals surface area contributed by atoms with Crippen LogP contribution in [0.2, 0.25) is 0 Å². The minimum Gasteiger partial charge on any atom is -0.496 e. The number of hydrogen-bond donors (Lipinski definition) is 2. The molecule has 1 rings (SSSR count). The summed E-state index contributed by atoms with van der Waals surface area (Å²) in [6, 6.07) is 8.46. The van der Waals surface area contributed by atoms with E-state index < -0.39 is 0 Å². The molecule has 0 saturated heterocycles. The molecule has 1 aromatic rings. The Balaban J connectivity index is 2.41. The molecule has 3 heteroatoms. The first kappa shape index (κ1) is 14.0. The summed E-state index contributed by atoms with van der Waals surface area (Å²) in [6.45, 7) is 4.80. The van der Waals surface area contributed by atoms with Crippen molar-refractivity contribution in [2.45, 2.75) is 38.8 Å². The Hall–Kier alpha value is -1.06. The van der Waals surface area contributed by atoms with E-state index in [1.807, 2.05) is 25.1 Å². The molecule has 0 fully saturated rings. The van der Waals surface area contributed by atoms with Crippen LogP contribution in [0.4, 0.5) is 0 Å². The molecule has 0 aliphatic heterocycles. The number of methoxy groups -OCH3 is 1. The number of benzene rings is 1. The molecular formula is C14H23NO2. The zero-order valence-electron chi connectivity index (χ0n) is 10.9. The van der Waals surface area contributed by atoms with Gasteiger partial charge in [-0.05, 0) is 44.9 Å². The summed E-state index contributed by atoms with van der Waals surface area (Å²) in [7, 11) is 1.70. The Labute approximate surface area is 104 Å².